The van der Waals surface area contributed by atoms with Crippen LogP contribution in [0.4, 0.5) is 0 Å². The summed E-state index contributed by atoms with van der Waals surface area (Å²) in [5.74, 6) is 0.171. The second-order valence-electron chi connectivity index (χ2n) is 5.13. The van der Waals surface area contributed by atoms with Crippen molar-refractivity contribution in [2.75, 3.05) is 6.61 Å². The average molecular weight is 328 g/mol. The molecule has 5 nitrogen and oxygen atoms in total. The maximum Gasteiger partial charge on any atom is 0.271 e. The fraction of sp³-hybridized carbons (Fsp3) is 0.176. The molecule has 23 heavy (non-hydrogen) atoms. The van der Waals surface area contributed by atoms with Crippen molar-refractivity contribution in [3.8, 4) is 10.6 Å². The van der Waals surface area contributed by atoms with E-state index in [9.17, 15) is 9.90 Å². The predicted molar refractivity (Wildman–Crippen MR) is 88.3 cm³/mol. The third-order valence-electron chi connectivity index (χ3n) is 3.41. The van der Waals surface area contributed by atoms with Gasteiger partial charge in [0.15, 0.2) is 0 Å². The van der Waals surface area contributed by atoms with Crippen LogP contribution >= 0.6 is 11.3 Å². The van der Waals surface area contributed by atoms with E-state index in [2.05, 4.69) is 10.3 Å². The van der Waals surface area contributed by atoms with Crippen LogP contribution in [-0.4, -0.2) is 22.6 Å². The topological polar surface area (TPSA) is 75.4 Å². The molecule has 3 rings (SSSR count). The minimum Gasteiger partial charge on any atom is -0.467 e. The van der Waals surface area contributed by atoms with Gasteiger partial charge in [-0.2, -0.15) is 0 Å². The molecule has 0 aliphatic rings. The zero-order valence-electron chi connectivity index (χ0n) is 12.5. The molecule has 2 heterocycles. The number of aryl methyl sites for hydroxylation is 1. The third-order valence-corrected chi connectivity index (χ3v) is 4.30. The minimum atomic E-state index is -0.581. The highest BCUT2D eigenvalue weighted by atomic mass is 32.1. The summed E-state index contributed by atoms with van der Waals surface area (Å²) >= 11 is 1.41. The second-order valence-corrected chi connectivity index (χ2v) is 5.99. The number of aromatic nitrogens is 1. The first-order valence-corrected chi connectivity index (χ1v) is 8.03. The molecule has 3 aromatic rings. The Morgan fingerprint density at radius 3 is 2.78 bits per heavy atom. The number of carbonyl (C=O) groups excluding carboxylic acids is 1. The lowest BCUT2D eigenvalue weighted by atomic mass is 10.2. The van der Waals surface area contributed by atoms with E-state index in [4.69, 9.17) is 4.42 Å². The van der Waals surface area contributed by atoms with Gasteiger partial charge in [-0.05, 0) is 19.1 Å². The van der Waals surface area contributed by atoms with Crippen molar-refractivity contribution in [2.45, 2.75) is 13.0 Å². The van der Waals surface area contributed by atoms with E-state index in [0.717, 1.165) is 10.6 Å². The molecule has 2 aromatic heterocycles. The Morgan fingerprint density at radius 1 is 1.35 bits per heavy atom. The van der Waals surface area contributed by atoms with Gasteiger partial charge in [-0.3, -0.25) is 4.79 Å². The van der Waals surface area contributed by atoms with Crippen LogP contribution in [0.15, 0.2) is 52.5 Å². The third kappa shape index (κ3) is 3.49. The van der Waals surface area contributed by atoms with E-state index in [1.165, 1.54) is 23.2 Å². The number of hydrogen-bond acceptors (Lipinski definition) is 5. The smallest absolute Gasteiger partial charge is 0.271 e. The molecule has 0 radical (unpaired) electrons. The second kappa shape index (κ2) is 6.76. The van der Waals surface area contributed by atoms with Crippen molar-refractivity contribution in [3.05, 3.63) is 65.1 Å². The number of rotatable bonds is 5. The Labute approximate surface area is 137 Å². The summed E-state index contributed by atoms with van der Waals surface area (Å²) in [4.78, 5) is 16.7. The van der Waals surface area contributed by atoms with Crippen LogP contribution in [-0.2, 0) is 0 Å². The van der Waals surface area contributed by atoms with E-state index in [-0.39, 0.29) is 12.5 Å². The fourth-order valence-corrected chi connectivity index (χ4v) is 2.94. The van der Waals surface area contributed by atoms with Gasteiger partial charge in [0, 0.05) is 10.9 Å². The molecule has 0 saturated carbocycles. The standard InChI is InChI=1S/C17H16N2O3S/c1-11-4-6-12(7-5-11)17-19-14(10-23-17)16(21)18-13(9-20)15-3-2-8-22-15/h2-8,10,13,20H,9H2,1H3,(H,18,21). The minimum absolute atomic E-state index is 0.242. The van der Waals surface area contributed by atoms with Gasteiger partial charge in [-0.15, -0.1) is 11.3 Å². The molecule has 0 aliphatic heterocycles. The van der Waals surface area contributed by atoms with Crippen molar-refractivity contribution >= 4 is 17.2 Å². The van der Waals surface area contributed by atoms with Gasteiger partial charge in [0.25, 0.3) is 5.91 Å². The van der Waals surface area contributed by atoms with E-state index in [0.29, 0.717) is 11.5 Å². The molecule has 0 fully saturated rings. The first kappa shape index (κ1) is 15.5. The molecule has 6 heteroatoms. The van der Waals surface area contributed by atoms with Crippen molar-refractivity contribution in [3.63, 3.8) is 0 Å². The Kier molecular flexibility index (Phi) is 4.55. The summed E-state index contributed by atoms with van der Waals surface area (Å²) in [7, 11) is 0. The molecule has 0 bridgehead atoms. The van der Waals surface area contributed by atoms with Crippen molar-refractivity contribution in [1.82, 2.24) is 10.3 Å². The number of aliphatic hydroxyl groups is 1. The van der Waals surface area contributed by atoms with E-state index < -0.39 is 6.04 Å². The molecule has 0 spiro atoms. The summed E-state index contributed by atoms with van der Waals surface area (Å²) < 4.78 is 5.22. The number of aliphatic hydroxyl groups excluding tert-OH is 1. The van der Waals surface area contributed by atoms with Crippen molar-refractivity contribution in [1.29, 1.82) is 0 Å². The molecule has 1 atom stereocenters. The van der Waals surface area contributed by atoms with Gasteiger partial charge >= 0.3 is 0 Å². The highest BCUT2D eigenvalue weighted by Gasteiger charge is 2.19. The van der Waals surface area contributed by atoms with Crippen molar-refractivity contribution < 1.29 is 14.3 Å². The molecular weight excluding hydrogens is 312 g/mol. The summed E-state index contributed by atoms with van der Waals surface area (Å²) in [5, 5.41) is 14.6. The van der Waals surface area contributed by atoms with Crippen LogP contribution in [0.5, 0.6) is 0 Å². The van der Waals surface area contributed by atoms with Gasteiger partial charge < -0.3 is 14.8 Å². The molecule has 0 saturated heterocycles. The first-order valence-electron chi connectivity index (χ1n) is 7.15. The highest BCUT2D eigenvalue weighted by Crippen LogP contribution is 2.24. The lowest BCUT2D eigenvalue weighted by molar-refractivity contribution is 0.0903. The average Bonchev–Trinajstić information content (AvgIpc) is 3.24. The number of nitrogens with one attached hydrogen (secondary N) is 1. The number of hydrogen-bond donors (Lipinski definition) is 2. The first-order chi connectivity index (χ1) is 11.2. The maximum atomic E-state index is 12.3. The Morgan fingerprint density at radius 2 is 2.13 bits per heavy atom. The zero-order chi connectivity index (χ0) is 16.2. The van der Waals surface area contributed by atoms with Gasteiger partial charge in [0.05, 0.1) is 12.9 Å². The van der Waals surface area contributed by atoms with Gasteiger partial charge in [-0.1, -0.05) is 29.8 Å². The predicted octanol–water partition coefficient (Wildman–Crippen LogP) is 3.17. The summed E-state index contributed by atoms with van der Waals surface area (Å²) in [6, 6.07) is 10.8. The molecular formula is C17H16N2O3S. The number of nitrogens with zero attached hydrogens (tertiary/aromatic N) is 1. The van der Waals surface area contributed by atoms with Crippen LogP contribution < -0.4 is 5.32 Å². The lowest BCUT2D eigenvalue weighted by Gasteiger charge is -2.12. The largest absolute Gasteiger partial charge is 0.467 e. The Hall–Kier alpha value is -2.44. The molecule has 118 valence electrons. The van der Waals surface area contributed by atoms with Crippen LogP contribution in [0.25, 0.3) is 10.6 Å². The van der Waals surface area contributed by atoms with Crippen LogP contribution in [0, 0.1) is 6.92 Å². The Balaban J connectivity index is 1.74. The quantitative estimate of drug-likeness (QED) is 0.754. The highest BCUT2D eigenvalue weighted by molar-refractivity contribution is 7.13. The number of benzene rings is 1. The van der Waals surface area contributed by atoms with Crippen LogP contribution in [0.3, 0.4) is 0 Å². The molecule has 2 N–H and O–H groups in total. The number of thiazole rings is 1. The molecule has 1 amide bonds. The summed E-state index contributed by atoms with van der Waals surface area (Å²) in [6.07, 6.45) is 1.50. The number of carbonyl (C=O) groups is 1. The summed E-state index contributed by atoms with van der Waals surface area (Å²) in [5.41, 5.74) is 2.48. The maximum absolute atomic E-state index is 12.3. The van der Waals surface area contributed by atoms with E-state index >= 15 is 0 Å². The van der Waals surface area contributed by atoms with Crippen LogP contribution in [0.1, 0.15) is 27.9 Å². The van der Waals surface area contributed by atoms with Crippen LogP contribution in [0.2, 0.25) is 0 Å². The van der Waals surface area contributed by atoms with Gasteiger partial charge in [-0.25, -0.2) is 4.98 Å². The summed E-state index contributed by atoms with van der Waals surface area (Å²) in [6.45, 7) is 1.78. The van der Waals surface area contributed by atoms with Gasteiger partial charge in [0.2, 0.25) is 0 Å². The van der Waals surface area contributed by atoms with E-state index in [1.807, 2.05) is 31.2 Å². The lowest BCUT2D eigenvalue weighted by Crippen LogP contribution is -2.30. The molecule has 1 unspecified atom stereocenters. The normalized spacial score (nSPS) is 12.1. The van der Waals surface area contributed by atoms with E-state index in [1.54, 1.807) is 17.5 Å². The SMILES string of the molecule is Cc1ccc(-c2nc(C(=O)NC(CO)c3ccco3)cs2)cc1. The molecule has 0 aliphatic carbocycles. The zero-order valence-corrected chi connectivity index (χ0v) is 13.3. The Bertz CT molecular complexity index is 779. The fourth-order valence-electron chi connectivity index (χ4n) is 2.14. The van der Waals surface area contributed by atoms with Gasteiger partial charge in [0.1, 0.15) is 22.5 Å². The monoisotopic (exact) mass is 328 g/mol. The number of amides is 1. The molecule has 1 aromatic carbocycles. The van der Waals surface area contributed by atoms with Crippen molar-refractivity contribution in [2.24, 2.45) is 0 Å². The number of furan rings is 1.